The van der Waals surface area contributed by atoms with Crippen LogP contribution in [0.1, 0.15) is 47.4 Å². The van der Waals surface area contributed by atoms with Crippen molar-refractivity contribution in [3.63, 3.8) is 0 Å². The number of rotatable bonds is 4. The molecule has 22 heavy (non-hydrogen) atoms. The first-order chi connectivity index (χ1) is 10.7. The van der Waals surface area contributed by atoms with Gasteiger partial charge in [-0.2, -0.15) is 15.4 Å². The molecule has 0 aliphatic heterocycles. The molecule has 5 nitrogen and oxygen atoms in total. The third kappa shape index (κ3) is 2.99. The van der Waals surface area contributed by atoms with Crippen molar-refractivity contribution in [1.82, 2.24) is 20.3 Å². The van der Waals surface area contributed by atoms with E-state index in [-0.39, 0.29) is 11.9 Å². The Hall–Kier alpha value is -1.88. The van der Waals surface area contributed by atoms with Crippen LogP contribution in [0.15, 0.2) is 24.3 Å². The van der Waals surface area contributed by atoms with Gasteiger partial charge in [0.15, 0.2) is 5.69 Å². The zero-order chi connectivity index (χ0) is 15.5. The van der Waals surface area contributed by atoms with Gasteiger partial charge in [0.2, 0.25) is 0 Å². The predicted molar refractivity (Wildman–Crippen MR) is 84.7 cm³/mol. The Bertz CT molecular complexity index is 664. The van der Waals surface area contributed by atoms with Crippen molar-refractivity contribution in [1.29, 1.82) is 0 Å². The molecule has 1 N–H and O–H groups in total. The van der Waals surface area contributed by atoms with Crippen LogP contribution in [0.3, 0.4) is 0 Å². The van der Waals surface area contributed by atoms with Gasteiger partial charge in [0, 0.05) is 17.6 Å². The molecule has 0 spiro atoms. The standard InChI is InChI=1S/C16H19ClN4O/c1-11-15(19-20-18-11)16(22)21(13-7-3-4-8-13)10-12-6-2-5-9-14(12)17/h2,5-6,9,13H,3-4,7-8,10H2,1H3,(H,18,19,20). The molecule has 1 amide bonds. The van der Waals surface area contributed by atoms with Crippen molar-refractivity contribution in [2.45, 2.75) is 45.2 Å². The molecular weight excluding hydrogens is 300 g/mol. The molecule has 3 rings (SSSR count). The second-order valence-corrected chi connectivity index (χ2v) is 6.13. The van der Waals surface area contributed by atoms with Crippen LogP contribution in [0.25, 0.3) is 0 Å². The summed E-state index contributed by atoms with van der Waals surface area (Å²) in [6, 6.07) is 7.91. The number of hydrogen-bond donors (Lipinski definition) is 1. The van der Waals surface area contributed by atoms with E-state index >= 15 is 0 Å². The SMILES string of the molecule is Cc1n[nH]nc1C(=O)N(Cc1ccccc1Cl)C1CCCC1. The summed E-state index contributed by atoms with van der Waals surface area (Å²) in [7, 11) is 0. The van der Waals surface area contributed by atoms with Crippen molar-refractivity contribution in [2.75, 3.05) is 0 Å². The molecule has 1 aromatic heterocycles. The van der Waals surface area contributed by atoms with Gasteiger partial charge in [0.05, 0.1) is 5.69 Å². The number of aromatic amines is 1. The summed E-state index contributed by atoms with van der Waals surface area (Å²) in [5.41, 5.74) is 2.00. The number of nitrogens with zero attached hydrogens (tertiary/aromatic N) is 3. The van der Waals surface area contributed by atoms with Gasteiger partial charge in [-0.25, -0.2) is 0 Å². The average molecular weight is 319 g/mol. The number of hydrogen-bond acceptors (Lipinski definition) is 3. The molecule has 1 aliphatic carbocycles. The summed E-state index contributed by atoms with van der Waals surface area (Å²) in [6.45, 7) is 2.30. The summed E-state index contributed by atoms with van der Waals surface area (Å²) >= 11 is 6.26. The molecule has 1 aliphatic rings. The van der Waals surface area contributed by atoms with E-state index in [1.807, 2.05) is 29.2 Å². The number of aryl methyl sites for hydroxylation is 1. The van der Waals surface area contributed by atoms with Crippen molar-refractivity contribution in [3.8, 4) is 0 Å². The van der Waals surface area contributed by atoms with Gasteiger partial charge in [-0.15, -0.1) is 0 Å². The largest absolute Gasteiger partial charge is 0.330 e. The van der Waals surface area contributed by atoms with Gasteiger partial charge < -0.3 is 4.90 Å². The Morgan fingerprint density at radius 2 is 2.05 bits per heavy atom. The fourth-order valence-electron chi connectivity index (χ4n) is 3.02. The van der Waals surface area contributed by atoms with E-state index in [0.717, 1.165) is 31.2 Å². The van der Waals surface area contributed by atoms with Gasteiger partial charge in [-0.05, 0) is 31.4 Å². The highest BCUT2D eigenvalue weighted by Crippen LogP contribution is 2.28. The number of carbonyl (C=O) groups is 1. The number of nitrogens with one attached hydrogen (secondary N) is 1. The topological polar surface area (TPSA) is 61.9 Å². The van der Waals surface area contributed by atoms with E-state index in [0.29, 0.717) is 23.0 Å². The Morgan fingerprint density at radius 3 is 2.68 bits per heavy atom. The zero-order valence-electron chi connectivity index (χ0n) is 12.6. The lowest BCUT2D eigenvalue weighted by molar-refractivity contribution is 0.0657. The lowest BCUT2D eigenvalue weighted by Gasteiger charge is -2.29. The second-order valence-electron chi connectivity index (χ2n) is 5.72. The monoisotopic (exact) mass is 318 g/mol. The van der Waals surface area contributed by atoms with E-state index in [4.69, 9.17) is 11.6 Å². The van der Waals surface area contributed by atoms with Gasteiger partial charge >= 0.3 is 0 Å². The highest BCUT2D eigenvalue weighted by Gasteiger charge is 2.30. The molecule has 0 radical (unpaired) electrons. The van der Waals surface area contributed by atoms with Crippen molar-refractivity contribution in [3.05, 3.63) is 46.2 Å². The first-order valence-corrected chi connectivity index (χ1v) is 7.96. The maximum absolute atomic E-state index is 12.9. The van der Waals surface area contributed by atoms with Crippen LogP contribution in [0, 0.1) is 6.92 Å². The van der Waals surface area contributed by atoms with Gasteiger partial charge in [-0.3, -0.25) is 4.79 Å². The Balaban J connectivity index is 1.89. The molecule has 1 saturated carbocycles. The number of carbonyl (C=O) groups excluding carboxylic acids is 1. The van der Waals surface area contributed by atoms with Gasteiger partial charge in [0.25, 0.3) is 5.91 Å². The number of aromatic nitrogens is 3. The average Bonchev–Trinajstić information content (AvgIpc) is 3.17. The van der Waals surface area contributed by atoms with Crippen LogP contribution in [0.5, 0.6) is 0 Å². The molecule has 6 heteroatoms. The van der Waals surface area contributed by atoms with Gasteiger partial charge in [0.1, 0.15) is 0 Å². The maximum Gasteiger partial charge on any atom is 0.276 e. The third-order valence-corrected chi connectivity index (χ3v) is 4.62. The molecule has 0 saturated heterocycles. The smallest absolute Gasteiger partial charge is 0.276 e. The van der Waals surface area contributed by atoms with Crippen LogP contribution in [-0.2, 0) is 6.54 Å². The summed E-state index contributed by atoms with van der Waals surface area (Å²) in [6.07, 6.45) is 4.39. The summed E-state index contributed by atoms with van der Waals surface area (Å²) in [5, 5.41) is 11.2. The number of H-pyrrole nitrogens is 1. The lowest BCUT2D eigenvalue weighted by atomic mass is 10.1. The number of amides is 1. The van der Waals surface area contributed by atoms with E-state index in [2.05, 4.69) is 15.4 Å². The van der Waals surface area contributed by atoms with E-state index < -0.39 is 0 Å². The second kappa shape index (κ2) is 6.48. The molecule has 116 valence electrons. The highest BCUT2D eigenvalue weighted by molar-refractivity contribution is 6.31. The minimum absolute atomic E-state index is 0.0712. The van der Waals surface area contributed by atoms with Crippen LogP contribution in [0.2, 0.25) is 5.02 Å². The summed E-state index contributed by atoms with van der Waals surface area (Å²) in [5.74, 6) is -0.0712. The fraction of sp³-hybridized carbons (Fsp3) is 0.438. The molecule has 1 heterocycles. The normalized spacial score (nSPS) is 15.2. The summed E-state index contributed by atoms with van der Waals surface area (Å²) in [4.78, 5) is 14.8. The fourth-order valence-corrected chi connectivity index (χ4v) is 3.21. The predicted octanol–water partition coefficient (Wildman–Crippen LogP) is 3.35. The van der Waals surface area contributed by atoms with Crippen LogP contribution in [0.4, 0.5) is 0 Å². The van der Waals surface area contributed by atoms with E-state index in [9.17, 15) is 4.79 Å². The molecular formula is C16H19ClN4O. The first kappa shape index (κ1) is 15.0. The molecule has 0 bridgehead atoms. The number of benzene rings is 1. The minimum atomic E-state index is -0.0712. The van der Waals surface area contributed by atoms with E-state index in [1.54, 1.807) is 6.92 Å². The molecule has 0 atom stereocenters. The third-order valence-electron chi connectivity index (χ3n) is 4.25. The summed E-state index contributed by atoms with van der Waals surface area (Å²) < 4.78 is 0. The van der Waals surface area contributed by atoms with E-state index in [1.165, 1.54) is 0 Å². The number of halogens is 1. The van der Waals surface area contributed by atoms with Crippen LogP contribution in [-0.4, -0.2) is 32.3 Å². The van der Waals surface area contributed by atoms with Crippen LogP contribution < -0.4 is 0 Å². The first-order valence-electron chi connectivity index (χ1n) is 7.58. The Kier molecular flexibility index (Phi) is 4.43. The Morgan fingerprint density at radius 1 is 1.32 bits per heavy atom. The quantitative estimate of drug-likeness (QED) is 0.940. The lowest BCUT2D eigenvalue weighted by Crippen LogP contribution is -2.38. The Labute approximate surface area is 134 Å². The van der Waals surface area contributed by atoms with Crippen molar-refractivity contribution in [2.24, 2.45) is 0 Å². The van der Waals surface area contributed by atoms with Crippen LogP contribution >= 0.6 is 11.6 Å². The molecule has 1 fully saturated rings. The highest BCUT2D eigenvalue weighted by atomic mass is 35.5. The van der Waals surface area contributed by atoms with Crippen molar-refractivity contribution >= 4 is 17.5 Å². The molecule has 0 unspecified atom stereocenters. The molecule has 1 aromatic carbocycles. The maximum atomic E-state index is 12.9. The molecule has 2 aromatic rings. The van der Waals surface area contributed by atoms with Crippen molar-refractivity contribution < 1.29 is 4.79 Å². The van der Waals surface area contributed by atoms with Gasteiger partial charge in [-0.1, -0.05) is 42.6 Å². The minimum Gasteiger partial charge on any atom is -0.330 e. The zero-order valence-corrected chi connectivity index (χ0v) is 13.3.